The van der Waals surface area contributed by atoms with Crippen molar-refractivity contribution >= 4 is 0 Å². The average molecular weight is 496 g/mol. The summed E-state index contributed by atoms with van der Waals surface area (Å²) < 4.78 is 14.9. The second-order valence-corrected chi connectivity index (χ2v) is 10.1. The summed E-state index contributed by atoms with van der Waals surface area (Å²) in [6.45, 7) is 0.0533. The highest BCUT2D eigenvalue weighted by molar-refractivity contribution is 5.63. The van der Waals surface area contributed by atoms with Crippen LogP contribution in [-0.2, 0) is 15.9 Å². The summed E-state index contributed by atoms with van der Waals surface area (Å²) in [6, 6.07) is 29.5. The van der Waals surface area contributed by atoms with Gasteiger partial charge in [-0.05, 0) is 42.4 Å². The highest BCUT2D eigenvalue weighted by atomic mass is 16.6. The molecule has 2 fully saturated rings. The molecule has 190 valence electrons. The first-order valence-corrected chi connectivity index (χ1v) is 13.3. The van der Waals surface area contributed by atoms with Crippen molar-refractivity contribution in [1.82, 2.24) is 15.0 Å². The molecular weight excluding hydrogens is 462 g/mol. The van der Waals surface area contributed by atoms with Gasteiger partial charge in [0.05, 0.1) is 43.3 Å². The Balaban J connectivity index is 1.20. The lowest BCUT2D eigenvalue weighted by Gasteiger charge is -2.45. The van der Waals surface area contributed by atoms with E-state index in [0.29, 0.717) is 0 Å². The second kappa shape index (κ2) is 11.0. The zero-order valence-electron chi connectivity index (χ0n) is 20.9. The van der Waals surface area contributed by atoms with Crippen molar-refractivity contribution in [3.8, 4) is 22.4 Å². The zero-order valence-corrected chi connectivity index (χ0v) is 20.9. The standard InChI is InChI=1S/C31H33N3O3/c35-21-26-16-18-30-31(36-26)19-28(34-20-27(32-33-34)25-9-5-2-6-10-25)29(37-30)17-13-22-11-14-24(15-12-22)23-7-3-1-4-8-23/h1-12,14-15,20,26,28-31,35H,13,16-19,21H2/t26-,28+,29+,30-,31-/m0/s1. The Morgan fingerprint density at radius 3 is 2.22 bits per heavy atom. The third-order valence-corrected chi connectivity index (χ3v) is 7.71. The molecule has 1 N–H and O–H groups in total. The van der Waals surface area contributed by atoms with E-state index in [9.17, 15) is 5.11 Å². The third kappa shape index (κ3) is 5.37. The van der Waals surface area contributed by atoms with Crippen molar-refractivity contribution in [2.45, 2.75) is 62.6 Å². The molecule has 6 heteroatoms. The Kier molecular flexibility index (Phi) is 7.13. The number of aliphatic hydroxyl groups is 1. The van der Waals surface area contributed by atoms with Crippen LogP contribution in [0.5, 0.6) is 0 Å². The van der Waals surface area contributed by atoms with Gasteiger partial charge in [0, 0.05) is 12.0 Å². The van der Waals surface area contributed by atoms with E-state index >= 15 is 0 Å². The summed E-state index contributed by atoms with van der Waals surface area (Å²) in [5.41, 5.74) is 5.67. The van der Waals surface area contributed by atoms with E-state index in [4.69, 9.17) is 9.47 Å². The minimum absolute atomic E-state index is 0.00893. The van der Waals surface area contributed by atoms with Gasteiger partial charge in [0.25, 0.3) is 0 Å². The number of hydrogen-bond acceptors (Lipinski definition) is 5. The van der Waals surface area contributed by atoms with Crippen LogP contribution in [0.25, 0.3) is 22.4 Å². The summed E-state index contributed by atoms with van der Waals surface area (Å²) in [6.07, 6.45) is 6.30. The highest BCUT2D eigenvalue weighted by Crippen LogP contribution is 2.38. The summed E-state index contributed by atoms with van der Waals surface area (Å²) >= 11 is 0. The van der Waals surface area contributed by atoms with Gasteiger partial charge < -0.3 is 14.6 Å². The Morgan fingerprint density at radius 1 is 0.784 bits per heavy atom. The van der Waals surface area contributed by atoms with E-state index in [2.05, 4.69) is 71.0 Å². The quantitative estimate of drug-likeness (QED) is 0.368. The van der Waals surface area contributed by atoms with Crippen molar-refractivity contribution in [2.75, 3.05) is 6.61 Å². The summed E-state index contributed by atoms with van der Waals surface area (Å²) in [5, 5.41) is 18.6. The number of hydrogen-bond donors (Lipinski definition) is 1. The molecule has 3 heterocycles. The van der Waals surface area contributed by atoms with Crippen LogP contribution >= 0.6 is 0 Å². The van der Waals surface area contributed by atoms with Crippen LogP contribution in [0.1, 0.15) is 37.3 Å². The number of aryl methyl sites for hydroxylation is 1. The summed E-state index contributed by atoms with van der Waals surface area (Å²) in [7, 11) is 0. The second-order valence-electron chi connectivity index (χ2n) is 10.1. The predicted octanol–water partition coefficient (Wildman–Crippen LogP) is 5.48. The van der Waals surface area contributed by atoms with Gasteiger partial charge in [0.2, 0.25) is 0 Å². The lowest BCUT2D eigenvalue weighted by atomic mass is 9.88. The van der Waals surface area contributed by atoms with Crippen LogP contribution < -0.4 is 0 Å². The molecule has 2 aliphatic rings. The van der Waals surface area contributed by atoms with Gasteiger partial charge in [0.1, 0.15) is 5.69 Å². The number of nitrogens with zero attached hydrogens (tertiary/aromatic N) is 3. The number of benzene rings is 3. The molecule has 0 amide bonds. The van der Waals surface area contributed by atoms with Crippen molar-refractivity contribution in [2.24, 2.45) is 0 Å². The molecule has 0 bridgehead atoms. The molecule has 6 rings (SSSR count). The summed E-state index contributed by atoms with van der Waals surface area (Å²) in [5.74, 6) is 0. The smallest absolute Gasteiger partial charge is 0.113 e. The van der Waals surface area contributed by atoms with E-state index in [-0.39, 0.29) is 37.1 Å². The molecule has 0 unspecified atom stereocenters. The molecule has 5 atom stereocenters. The predicted molar refractivity (Wildman–Crippen MR) is 143 cm³/mol. The van der Waals surface area contributed by atoms with Crippen molar-refractivity contribution in [3.63, 3.8) is 0 Å². The van der Waals surface area contributed by atoms with Gasteiger partial charge in [-0.15, -0.1) is 5.10 Å². The number of rotatable bonds is 7. The monoisotopic (exact) mass is 495 g/mol. The fourth-order valence-corrected chi connectivity index (χ4v) is 5.66. The number of aromatic nitrogens is 3. The molecule has 1 aromatic heterocycles. The van der Waals surface area contributed by atoms with Crippen LogP contribution in [0.2, 0.25) is 0 Å². The van der Waals surface area contributed by atoms with Crippen molar-refractivity contribution in [3.05, 3.63) is 96.7 Å². The third-order valence-electron chi connectivity index (χ3n) is 7.71. The number of fused-ring (bicyclic) bond motifs is 1. The minimum atomic E-state index is -0.110. The summed E-state index contributed by atoms with van der Waals surface area (Å²) in [4.78, 5) is 0. The maximum absolute atomic E-state index is 9.65. The average Bonchev–Trinajstić information content (AvgIpc) is 3.47. The fraction of sp³-hybridized carbons (Fsp3) is 0.355. The molecule has 37 heavy (non-hydrogen) atoms. The number of ether oxygens (including phenoxy) is 2. The number of aliphatic hydroxyl groups excluding tert-OH is 1. The molecule has 0 saturated carbocycles. The van der Waals surface area contributed by atoms with Crippen LogP contribution in [0.4, 0.5) is 0 Å². The zero-order chi connectivity index (χ0) is 25.0. The molecule has 0 spiro atoms. The normalized spacial score (nSPS) is 25.5. The molecule has 2 aliphatic heterocycles. The maximum Gasteiger partial charge on any atom is 0.113 e. The van der Waals surface area contributed by atoms with Crippen LogP contribution in [0.15, 0.2) is 91.1 Å². The maximum atomic E-state index is 9.65. The topological polar surface area (TPSA) is 69.4 Å². The lowest BCUT2D eigenvalue weighted by molar-refractivity contribution is -0.209. The van der Waals surface area contributed by atoms with Crippen LogP contribution in [-0.4, -0.2) is 51.1 Å². The molecule has 3 aromatic carbocycles. The van der Waals surface area contributed by atoms with E-state index in [1.54, 1.807) is 0 Å². The lowest BCUT2D eigenvalue weighted by Crippen LogP contribution is -2.51. The molecule has 6 nitrogen and oxygen atoms in total. The van der Waals surface area contributed by atoms with Crippen LogP contribution in [0, 0.1) is 0 Å². The van der Waals surface area contributed by atoms with Gasteiger partial charge >= 0.3 is 0 Å². The molecule has 0 radical (unpaired) electrons. The van der Waals surface area contributed by atoms with Crippen molar-refractivity contribution < 1.29 is 14.6 Å². The van der Waals surface area contributed by atoms with E-state index in [1.165, 1.54) is 16.7 Å². The Hall–Kier alpha value is -3.32. The molecule has 4 aromatic rings. The molecule has 2 saturated heterocycles. The Bertz CT molecular complexity index is 1280. The van der Waals surface area contributed by atoms with Gasteiger partial charge in [0.15, 0.2) is 0 Å². The SMILES string of the molecule is OC[C@@H]1CC[C@@H]2O[C@H](CCc3ccc(-c4ccccc4)cc3)[C@H](n3cc(-c4ccccc4)nn3)C[C@@H]2O1. The molecule has 0 aliphatic carbocycles. The Labute approximate surface area is 217 Å². The molecular formula is C31H33N3O3. The van der Waals surface area contributed by atoms with E-state index in [0.717, 1.165) is 43.4 Å². The van der Waals surface area contributed by atoms with E-state index < -0.39 is 0 Å². The largest absolute Gasteiger partial charge is 0.394 e. The van der Waals surface area contributed by atoms with Gasteiger partial charge in [-0.2, -0.15) is 0 Å². The van der Waals surface area contributed by atoms with Crippen LogP contribution in [0.3, 0.4) is 0 Å². The van der Waals surface area contributed by atoms with Gasteiger partial charge in [-0.1, -0.05) is 90.1 Å². The Morgan fingerprint density at radius 2 is 1.49 bits per heavy atom. The van der Waals surface area contributed by atoms with Gasteiger partial charge in [-0.3, -0.25) is 0 Å². The first-order valence-electron chi connectivity index (χ1n) is 13.3. The first kappa shape index (κ1) is 24.0. The minimum Gasteiger partial charge on any atom is -0.394 e. The fourth-order valence-electron chi connectivity index (χ4n) is 5.66. The highest BCUT2D eigenvalue weighted by Gasteiger charge is 2.43. The first-order chi connectivity index (χ1) is 18.3. The van der Waals surface area contributed by atoms with Gasteiger partial charge in [-0.25, -0.2) is 4.68 Å². The van der Waals surface area contributed by atoms with E-state index in [1.807, 2.05) is 35.1 Å². The van der Waals surface area contributed by atoms with Crippen molar-refractivity contribution in [1.29, 1.82) is 0 Å².